The first-order chi connectivity index (χ1) is 21.7. The molecule has 2 N–H and O–H groups in total. The molecule has 2 aliphatic heterocycles. The second-order valence-corrected chi connectivity index (χ2v) is 20.0. The molecule has 4 aromatic carbocycles. The number of rotatable bonds is 2. The Kier molecular flexibility index (Phi) is 10.9. The van der Waals surface area contributed by atoms with Crippen molar-refractivity contribution in [1.82, 2.24) is 0 Å². The van der Waals surface area contributed by atoms with E-state index in [9.17, 15) is 10.2 Å². The summed E-state index contributed by atoms with van der Waals surface area (Å²) in [4.78, 5) is 0. The maximum absolute atomic E-state index is 10.6. The summed E-state index contributed by atoms with van der Waals surface area (Å²) in [6.07, 6.45) is 1.51. The van der Waals surface area contributed by atoms with Crippen molar-refractivity contribution in [2.45, 2.75) is 76.4 Å². The fourth-order valence-corrected chi connectivity index (χ4v) is 11.1. The summed E-state index contributed by atoms with van der Waals surface area (Å²) in [6.45, 7) is 12.9. The molecule has 2 heterocycles. The first-order valence-electron chi connectivity index (χ1n) is 14.7. The molecular weight excluding hydrogens is 1060 g/mol. The molecule has 6 rings (SSSR count). The van der Waals surface area contributed by atoms with E-state index in [2.05, 4.69) is 151 Å². The maximum Gasteiger partial charge on any atom is 0.138 e. The zero-order valence-corrected chi connectivity index (χ0v) is 37.6. The lowest BCUT2D eigenvalue weighted by Crippen LogP contribution is -2.41. The minimum absolute atomic E-state index is 0.0760. The standard InChI is InChI=1S/C18H16Br4O2.C18H17Br3O2/c1-17(2)8-18(3,11-4-9(19)6-13(21)15(11)23)24-16-12(17)5-10(20)7-14(16)22;1-17(2)9-18(3,13-7-11(20)8-14(21)16(13)22)23-15-5-4-10(19)6-12(15)17/h4-7,23H,8H2,1-3H3;4-8,22H,9H2,1-3H3. The molecule has 0 saturated carbocycles. The van der Waals surface area contributed by atoms with E-state index in [1.165, 1.54) is 5.56 Å². The van der Waals surface area contributed by atoms with Crippen LogP contribution in [-0.4, -0.2) is 10.2 Å². The van der Waals surface area contributed by atoms with Gasteiger partial charge in [-0.05, 0) is 127 Å². The van der Waals surface area contributed by atoms with Crippen molar-refractivity contribution in [2.24, 2.45) is 0 Å². The number of benzene rings is 4. The van der Waals surface area contributed by atoms with Gasteiger partial charge in [0.15, 0.2) is 0 Å². The fourth-order valence-electron chi connectivity index (χ4n) is 6.94. The van der Waals surface area contributed by atoms with Crippen LogP contribution in [0.1, 0.15) is 76.6 Å². The third-order valence-electron chi connectivity index (χ3n) is 8.83. The number of phenolic OH excluding ortho intramolecular Hbond substituents is 2. The van der Waals surface area contributed by atoms with E-state index in [4.69, 9.17) is 9.47 Å². The highest BCUT2D eigenvalue weighted by atomic mass is 79.9. The Balaban J connectivity index is 0.000000185. The SMILES string of the molecule is CC1(C)CC(C)(c2cc(Br)cc(Br)c2O)Oc2c(Br)cc(Br)cc21.CC1(C)CC(C)(c2cc(Br)cc(Br)c2O)Oc2ccc(Br)cc21. The third kappa shape index (κ3) is 7.57. The average molecular weight is 1090 g/mol. The predicted octanol–water partition coefficient (Wildman–Crippen LogP) is 14.1. The summed E-state index contributed by atoms with van der Waals surface area (Å²) >= 11 is 24.6. The molecule has 0 saturated heterocycles. The van der Waals surface area contributed by atoms with E-state index in [1.54, 1.807) is 0 Å². The van der Waals surface area contributed by atoms with Gasteiger partial charge in [-0.3, -0.25) is 0 Å². The van der Waals surface area contributed by atoms with Crippen LogP contribution in [0.4, 0.5) is 0 Å². The van der Waals surface area contributed by atoms with Crippen LogP contribution in [0.25, 0.3) is 0 Å². The second kappa shape index (κ2) is 13.5. The Labute approximate surface area is 335 Å². The zero-order chi connectivity index (χ0) is 34.9. The molecule has 2 unspecified atom stereocenters. The summed E-state index contributed by atoms with van der Waals surface area (Å²) in [7, 11) is 0. The lowest BCUT2D eigenvalue weighted by Gasteiger charge is -2.45. The molecule has 11 heteroatoms. The molecule has 250 valence electrons. The van der Waals surface area contributed by atoms with E-state index in [1.807, 2.05) is 56.3 Å². The highest BCUT2D eigenvalue weighted by Crippen LogP contribution is 2.55. The van der Waals surface area contributed by atoms with Crippen LogP contribution in [-0.2, 0) is 22.0 Å². The van der Waals surface area contributed by atoms with Crippen LogP contribution in [0.15, 0.2) is 85.9 Å². The molecule has 2 atom stereocenters. The molecule has 0 aliphatic carbocycles. The third-order valence-corrected chi connectivity index (χ3v) is 12.5. The smallest absolute Gasteiger partial charge is 0.138 e. The Morgan fingerprint density at radius 1 is 0.489 bits per heavy atom. The van der Waals surface area contributed by atoms with E-state index >= 15 is 0 Å². The predicted molar refractivity (Wildman–Crippen MR) is 214 cm³/mol. The van der Waals surface area contributed by atoms with Gasteiger partial charge >= 0.3 is 0 Å². The Morgan fingerprint density at radius 2 is 0.894 bits per heavy atom. The van der Waals surface area contributed by atoms with Crippen LogP contribution < -0.4 is 9.47 Å². The monoisotopic (exact) mass is 1080 g/mol. The molecule has 4 nitrogen and oxygen atoms in total. The molecule has 0 radical (unpaired) electrons. The van der Waals surface area contributed by atoms with Gasteiger partial charge in [0, 0.05) is 53.0 Å². The summed E-state index contributed by atoms with van der Waals surface area (Å²) in [6, 6.07) is 17.7. The normalized spacial score (nSPS) is 22.1. The Morgan fingerprint density at radius 3 is 1.40 bits per heavy atom. The van der Waals surface area contributed by atoms with Gasteiger partial charge < -0.3 is 19.7 Å². The van der Waals surface area contributed by atoms with Gasteiger partial charge in [0.05, 0.1) is 13.4 Å². The van der Waals surface area contributed by atoms with Crippen LogP contribution >= 0.6 is 112 Å². The maximum atomic E-state index is 10.6. The van der Waals surface area contributed by atoms with Crippen molar-refractivity contribution in [1.29, 1.82) is 0 Å². The van der Waals surface area contributed by atoms with Gasteiger partial charge in [0.2, 0.25) is 0 Å². The summed E-state index contributed by atoms with van der Waals surface area (Å²) in [5, 5.41) is 21.2. The highest BCUT2D eigenvalue weighted by molar-refractivity contribution is 9.12. The van der Waals surface area contributed by atoms with Crippen LogP contribution in [0, 0.1) is 0 Å². The number of fused-ring (bicyclic) bond motifs is 2. The van der Waals surface area contributed by atoms with Crippen molar-refractivity contribution >= 4 is 112 Å². The van der Waals surface area contributed by atoms with Gasteiger partial charge in [-0.15, -0.1) is 0 Å². The summed E-state index contributed by atoms with van der Waals surface area (Å²) < 4.78 is 18.9. The van der Waals surface area contributed by atoms with E-state index < -0.39 is 11.2 Å². The minimum Gasteiger partial charge on any atom is -0.506 e. The largest absolute Gasteiger partial charge is 0.506 e. The molecule has 0 fully saturated rings. The molecule has 47 heavy (non-hydrogen) atoms. The lowest BCUT2D eigenvalue weighted by molar-refractivity contribution is 0.0292. The van der Waals surface area contributed by atoms with Crippen molar-refractivity contribution in [2.75, 3.05) is 0 Å². The number of ether oxygens (including phenoxy) is 2. The number of hydrogen-bond acceptors (Lipinski definition) is 4. The van der Waals surface area contributed by atoms with Gasteiger partial charge in [0.25, 0.3) is 0 Å². The summed E-state index contributed by atoms with van der Waals surface area (Å²) in [5.41, 5.74) is 2.41. The number of halogens is 7. The van der Waals surface area contributed by atoms with Crippen molar-refractivity contribution in [3.8, 4) is 23.0 Å². The highest BCUT2D eigenvalue weighted by Gasteiger charge is 2.46. The molecule has 0 amide bonds. The van der Waals surface area contributed by atoms with Crippen LogP contribution in [0.5, 0.6) is 23.0 Å². The lowest BCUT2D eigenvalue weighted by atomic mass is 9.71. The molecule has 4 aromatic rings. The molecule has 0 bridgehead atoms. The van der Waals surface area contributed by atoms with Gasteiger partial charge in [-0.1, -0.05) is 91.4 Å². The molecular formula is C36H33Br7O4. The van der Waals surface area contributed by atoms with Gasteiger partial charge in [-0.25, -0.2) is 0 Å². The van der Waals surface area contributed by atoms with E-state index in [0.717, 1.165) is 63.4 Å². The Hall–Kier alpha value is -0.560. The number of aromatic hydroxyl groups is 2. The average Bonchev–Trinajstić information content (AvgIpc) is 2.93. The van der Waals surface area contributed by atoms with Crippen molar-refractivity contribution < 1.29 is 19.7 Å². The van der Waals surface area contributed by atoms with Crippen LogP contribution in [0.3, 0.4) is 0 Å². The van der Waals surface area contributed by atoms with E-state index in [-0.39, 0.29) is 22.3 Å². The first kappa shape index (κ1) is 37.7. The van der Waals surface area contributed by atoms with Gasteiger partial charge in [0.1, 0.15) is 34.2 Å². The topological polar surface area (TPSA) is 58.9 Å². The zero-order valence-electron chi connectivity index (χ0n) is 26.5. The molecule has 2 aliphatic rings. The fraction of sp³-hybridized carbons (Fsp3) is 0.333. The molecule has 0 spiro atoms. The van der Waals surface area contributed by atoms with Crippen molar-refractivity contribution in [3.63, 3.8) is 0 Å². The first-order valence-corrected chi connectivity index (χ1v) is 20.3. The number of phenols is 2. The van der Waals surface area contributed by atoms with Gasteiger partial charge in [-0.2, -0.15) is 0 Å². The second-order valence-electron chi connectivity index (χ2n) is 13.8. The van der Waals surface area contributed by atoms with Crippen LogP contribution in [0.2, 0.25) is 0 Å². The Bertz CT molecular complexity index is 1890. The summed E-state index contributed by atoms with van der Waals surface area (Å²) in [5.74, 6) is 2.13. The quantitative estimate of drug-likeness (QED) is 0.210. The van der Waals surface area contributed by atoms with E-state index in [0.29, 0.717) is 8.95 Å². The number of hydrogen-bond donors (Lipinski definition) is 2. The van der Waals surface area contributed by atoms with Crippen molar-refractivity contribution in [3.05, 3.63) is 108 Å². The minimum atomic E-state index is -0.650. The molecule has 0 aromatic heterocycles.